The van der Waals surface area contributed by atoms with Crippen LogP contribution in [0.2, 0.25) is 0 Å². The van der Waals surface area contributed by atoms with Gasteiger partial charge in [0, 0.05) is 11.6 Å². The van der Waals surface area contributed by atoms with E-state index in [0.717, 1.165) is 49.8 Å². The summed E-state index contributed by atoms with van der Waals surface area (Å²) in [6, 6.07) is 14.6. The van der Waals surface area contributed by atoms with E-state index in [0.29, 0.717) is 6.79 Å². The molecule has 4 rings (SSSR count). The quantitative estimate of drug-likeness (QED) is 0.793. The van der Waals surface area contributed by atoms with Crippen LogP contribution in [-0.4, -0.2) is 43.8 Å². The van der Waals surface area contributed by atoms with Crippen molar-refractivity contribution in [1.29, 1.82) is 0 Å². The molecule has 0 unspecified atom stereocenters. The van der Waals surface area contributed by atoms with Gasteiger partial charge in [0.05, 0.1) is 26.2 Å². The number of carbonyl (C=O) groups excluding carboxylic acids is 1. The highest BCUT2D eigenvalue weighted by Crippen LogP contribution is 2.32. The Hall–Kier alpha value is -2.79. The second-order valence-corrected chi connectivity index (χ2v) is 9.15. The predicted octanol–water partition coefficient (Wildman–Crippen LogP) is 2.65. The molecule has 2 aliphatic rings. The SMILES string of the molecule is CC(C)(C)c1ccc(/C=C\C(=O)N2CC[NH+](Cc3ccc4c(c3)OCO4)CC2)cc1. The molecular weight excluding hydrogens is 376 g/mol. The van der Waals surface area contributed by atoms with Crippen molar-refractivity contribution in [1.82, 2.24) is 4.90 Å². The lowest BCUT2D eigenvalue weighted by atomic mass is 9.87. The van der Waals surface area contributed by atoms with Gasteiger partial charge in [0.2, 0.25) is 12.7 Å². The fourth-order valence-electron chi connectivity index (χ4n) is 3.93. The van der Waals surface area contributed by atoms with Gasteiger partial charge in [-0.1, -0.05) is 45.0 Å². The summed E-state index contributed by atoms with van der Waals surface area (Å²) < 4.78 is 10.9. The van der Waals surface area contributed by atoms with Gasteiger partial charge in [0.1, 0.15) is 6.54 Å². The van der Waals surface area contributed by atoms with Crippen molar-refractivity contribution < 1.29 is 19.2 Å². The van der Waals surface area contributed by atoms with Crippen molar-refractivity contribution in [3.05, 3.63) is 65.2 Å². The summed E-state index contributed by atoms with van der Waals surface area (Å²) >= 11 is 0. The molecule has 1 N–H and O–H groups in total. The number of fused-ring (bicyclic) bond motifs is 1. The molecule has 2 heterocycles. The minimum atomic E-state index is 0.0945. The summed E-state index contributed by atoms with van der Waals surface area (Å²) in [5.74, 6) is 1.75. The van der Waals surface area contributed by atoms with Crippen molar-refractivity contribution in [2.45, 2.75) is 32.7 Å². The van der Waals surface area contributed by atoms with Crippen LogP contribution in [0.4, 0.5) is 0 Å². The van der Waals surface area contributed by atoms with Crippen LogP contribution in [0.15, 0.2) is 48.5 Å². The molecule has 1 fully saturated rings. The molecular formula is C25H31N2O3+. The predicted molar refractivity (Wildman–Crippen MR) is 118 cm³/mol. The second kappa shape index (κ2) is 8.52. The fraction of sp³-hybridized carbons (Fsp3) is 0.400. The first-order valence-electron chi connectivity index (χ1n) is 10.7. The van der Waals surface area contributed by atoms with Crippen molar-refractivity contribution in [3.63, 3.8) is 0 Å². The number of hydrogen-bond acceptors (Lipinski definition) is 3. The molecule has 158 valence electrons. The van der Waals surface area contributed by atoms with E-state index < -0.39 is 0 Å². The number of quaternary nitrogens is 1. The third kappa shape index (κ3) is 4.85. The molecule has 30 heavy (non-hydrogen) atoms. The van der Waals surface area contributed by atoms with E-state index in [1.807, 2.05) is 17.0 Å². The van der Waals surface area contributed by atoms with E-state index in [2.05, 4.69) is 57.2 Å². The number of amides is 1. The fourth-order valence-corrected chi connectivity index (χ4v) is 3.93. The Bertz CT molecular complexity index is 920. The highest BCUT2D eigenvalue weighted by atomic mass is 16.7. The normalized spacial score (nSPS) is 17.0. The van der Waals surface area contributed by atoms with Crippen LogP contribution in [0, 0.1) is 0 Å². The van der Waals surface area contributed by atoms with Crippen molar-refractivity contribution in [2.75, 3.05) is 33.0 Å². The monoisotopic (exact) mass is 407 g/mol. The Labute approximate surface area is 178 Å². The van der Waals surface area contributed by atoms with E-state index in [-0.39, 0.29) is 11.3 Å². The zero-order valence-corrected chi connectivity index (χ0v) is 18.1. The Morgan fingerprint density at radius 2 is 1.73 bits per heavy atom. The summed E-state index contributed by atoms with van der Waals surface area (Å²) in [4.78, 5) is 16.0. The third-order valence-electron chi connectivity index (χ3n) is 5.87. The first-order chi connectivity index (χ1) is 14.4. The second-order valence-electron chi connectivity index (χ2n) is 9.15. The lowest BCUT2D eigenvalue weighted by molar-refractivity contribution is -0.917. The van der Waals surface area contributed by atoms with Gasteiger partial charge in [-0.05, 0) is 40.8 Å². The van der Waals surface area contributed by atoms with E-state index >= 15 is 0 Å². The summed E-state index contributed by atoms with van der Waals surface area (Å²) in [6.45, 7) is 11.3. The number of nitrogens with one attached hydrogen (secondary N) is 1. The maximum absolute atomic E-state index is 12.6. The van der Waals surface area contributed by atoms with Crippen LogP contribution in [0.5, 0.6) is 11.5 Å². The average molecular weight is 408 g/mol. The standard InChI is InChI=1S/C25H30N2O3/c1-25(2,3)21-8-4-19(5-9-21)7-11-24(28)27-14-12-26(13-15-27)17-20-6-10-22-23(16-20)30-18-29-22/h4-11,16H,12-15,17-18H2,1-3H3/p+1/b11-7-. The molecule has 0 spiro atoms. The van der Waals surface area contributed by atoms with Crippen molar-refractivity contribution in [2.24, 2.45) is 0 Å². The molecule has 1 amide bonds. The number of hydrogen-bond donors (Lipinski definition) is 1. The molecule has 0 radical (unpaired) electrons. The van der Waals surface area contributed by atoms with Gasteiger partial charge >= 0.3 is 0 Å². The number of piperazine rings is 1. The Balaban J connectivity index is 1.27. The van der Waals surface area contributed by atoms with Gasteiger partial charge in [0.25, 0.3) is 0 Å². The third-order valence-corrected chi connectivity index (χ3v) is 5.87. The average Bonchev–Trinajstić information content (AvgIpc) is 3.20. The molecule has 0 saturated carbocycles. The minimum Gasteiger partial charge on any atom is -0.454 e. The zero-order chi connectivity index (χ0) is 21.1. The smallest absolute Gasteiger partial charge is 0.246 e. The number of rotatable bonds is 4. The van der Waals surface area contributed by atoms with Gasteiger partial charge in [-0.3, -0.25) is 4.79 Å². The van der Waals surface area contributed by atoms with Gasteiger partial charge in [-0.2, -0.15) is 0 Å². The Morgan fingerprint density at radius 1 is 1.03 bits per heavy atom. The highest BCUT2D eigenvalue weighted by molar-refractivity contribution is 5.91. The topological polar surface area (TPSA) is 43.2 Å². The summed E-state index contributed by atoms with van der Waals surface area (Å²) in [5.41, 5.74) is 3.74. The maximum atomic E-state index is 12.6. The lowest BCUT2D eigenvalue weighted by Crippen LogP contribution is -3.13. The van der Waals surface area contributed by atoms with Gasteiger partial charge in [-0.25, -0.2) is 0 Å². The van der Waals surface area contributed by atoms with E-state index in [1.54, 1.807) is 6.08 Å². The van der Waals surface area contributed by atoms with E-state index in [4.69, 9.17) is 9.47 Å². The van der Waals surface area contributed by atoms with E-state index in [9.17, 15) is 4.79 Å². The van der Waals surface area contributed by atoms with E-state index in [1.165, 1.54) is 16.0 Å². The molecule has 2 aromatic carbocycles. The molecule has 0 atom stereocenters. The number of ether oxygens (including phenoxy) is 2. The minimum absolute atomic E-state index is 0.0945. The lowest BCUT2D eigenvalue weighted by Gasteiger charge is -2.31. The molecule has 0 aliphatic carbocycles. The molecule has 0 aromatic heterocycles. The first-order valence-corrected chi connectivity index (χ1v) is 10.7. The summed E-state index contributed by atoms with van der Waals surface area (Å²) in [7, 11) is 0. The van der Waals surface area contributed by atoms with Gasteiger partial charge in [0.15, 0.2) is 11.5 Å². The molecule has 5 heteroatoms. The van der Waals surface area contributed by atoms with Crippen molar-refractivity contribution in [3.8, 4) is 11.5 Å². The molecule has 1 saturated heterocycles. The number of nitrogens with zero attached hydrogens (tertiary/aromatic N) is 1. The van der Waals surface area contributed by atoms with Crippen LogP contribution in [0.25, 0.3) is 6.08 Å². The number of benzene rings is 2. The Kier molecular flexibility index (Phi) is 5.82. The molecule has 5 nitrogen and oxygen atoms in total. The molecule has 0 bridgehead atoms. The summed E-state index contributed by atoms with van der Waals surface area (Å²) in [5, 5.41) is 0. The Morgan fingerprint density at radius 3 is 2.43 bits per heavy atom. The zero-order valence-electron chi connectivity index (χ0n) is 18.1. The van der Waals surface area contributed by atoms with Crippen LogP contribution in [0.1, 0.15) is 37.5 Å². The highest BCUT2D eigenvalue weighted by Gasteiger charge is 2.23. The van der Waals surface area contributed by atoms with Crippen LogP contribution in [0.3, 0.4) is 0 Å². The maximum Gasteiger partial charge on any atom is 0.246 e. The van der Waals surface area contributed by atoms with Crippen LogP contribution in [-0.2, 0) is 16.8 Å². The van der Waals surface area contributed by atoms with Crippen LogP contribution < -0.4 is 14.4 Å². The number of carbonyl (C=O) groups is 1. The largest absolute Gasteiger partial charge is 0.454 e. The molecule has 2 aromatic rings. The molecule has 2 aliphatic heterocycles. The van der Waals surface area contributed by atoms with Gasteiger partial charge < -0.3 is 19.3 Å². The summed E-state index contributed by atoms with van der Waals surface area (Å²) in [6.07, 6.45) is 3.62. The van der Waals surface area contributed by atoms with Crippen LogP contribution >= 0.6 is 0 Å². The van der Waals surface area contributed by atoms with Gasteiger partial charge in [-0.15, -0.1) is 0 Å². The van der Waals surface area contributed by atoms with Crippen molar-refractivity contribution >= 4 is 12.0 Å². The first kappa shape index (κ1) is 20.5.